The van der Waals surface area contributed by atoms with Crippen molar-refractivity contribution in [3.63, 3.8) is 0 Å². The molecule has 0 radical (unpaired) electrons. The molecule has 0 bridgehead atoms. The van der Waals surface area contributed by atoms with Gasteiger partial charge in [-0.1, -0.05) is 36.4 Å². The third-order valence-electron chi connectivity index (χ3n) is 5.83. The summed E-state index contributed by atoms with van der Waals surface area (Å²) in [6, 6.07) is 13.6. The molecule has 1 aliphatic heterocycles. The van der Waals surface area contributed by atoms with Crippen LogP contribution < -0.4 is 5.32 Å². The van der Waals surface area contributed by atoms with Crippen LogP contribution in [0.4, 0.5) is 4.79 Å². The zero-order valence-electron chi connectivity index (χ0n) is 22.4. The molecule has 3 amide bonds. The minimum Gasteiger partial charge on any atom is -0.460 e. The molecule has 10 heteroatoms. The summed E-state index contributed by atoms with van der Waals surface area (Å²) in [6.07, 6.45) is -0.400. The van der Waals surface area contributed by atoms with E-state index < -0.39 is 29.6 Å². The van der Waals surface area contributed by atoms with E-state index in [1.165, 1.54) is 0 Å². The van der Waals surface area contributed by atoms with Crippen molar-refractivity contribution in [1.82, 2.24) is 20.1 Å². The molecule has 10 nitrogen and oxygen atoms in total. The number of aromatic nitrogens is 1. The maximum absolute atomic E-state index is 13.5. The van der Waals surface area contributed by atoms with Gasteiger partial charge in [-0.15, -0.1) is 0 Å². The zero-order valence-corrected chi connectivity index (χ0v) is 22.4. The minimum absolute atomic E-state index is 0.0474. The molecule has 2 aromatic rings. The van der Waals surface area contributed by atoms with Gasteiger partial charge in [-0.3, -0.25) is 14.4 Å². The van der Waals surface area contributed by atoms with Crippen LogP contribution in [0.15, 0.2) is 48.5 Å². The second-order valence-corrected chi connectivity index (χ2v) is 9.94. The third-order valence-corrected chi connectivity index (χ3v) is 5.83. The Labute approximate surface area is 223 Å². The highest BCUT2D eigenvalue weighted by molar-refractivity contribution is 5.96. The normalized spacial score (nSPS) is 14.4. The van der Waals surface area contributed by atoms with Crippen molar-refractivity contribution in [2.24, 2.45) is 0 Å². The number of nitrogens with zero attached hydrogens (tertiary/aromatic N) is 3. The van der Waals surface area contributed by atoms with E-state index in [1.54, 1.807) is 55.7 Å². The van der Waals surface area contributed by atoms with Crippen LogP contribution in [0.3, 0.4) is 0 Å². The third kappa shape index (κ3) is 8.29. The average molecular weight is 525 g/mol. The van der Waals surface area contributed by atoms with Gasteiger partial charge in [0.05, 0.1) is 12.3 Å². The number of benzene rings is 1. The van der Waals surface area contributed by atoms with Gasteiger partial charge in [-0.05, 0) is 46.2 Å². The predicted molar refractivity (Wildman–Crippen MR) is 141 cm³/mol. The Morgan fingerprint density at radius 2 is 1.61 bits per heavy atom. The summed E-state index contributed by atoms with van der Waals surface area (Å²) in [5, 5.41) is 2.78. The van der Waals surface area contributed by atoms with E-state index in [2.05, 4.69) is 10.3 Å². The first-order chi connectivity index (χ1) is 18.1. The van der Waals surface area contributed by atoms with Gasteiger partial charge in [0.15, 0.2) is 0 Å². The second-order valence-electron chi connectivity index (χ2n) is 9.94. The van der Waals surface area contributed by atoms with Crippen molar-refractivity contribution in [2.45, 2.75) is 52.2 Å². The Kier molecular flexibility index (Phi) is 9.81. The van der Waals surface area contributed by atoms with Crippen LogP contribution in [0.1, 0.15) is 51.0 Å². The fraction of sp³-hybridized carbons (Fsp3) is 0.464. The summed E-state index contributed by atoms with van der Waals surface area (Å²) >= 11 is 0. The van der Waals surface area contributed by atoms with Gasteiger partial charge in [-0.2, -0.15) is 0 Å². The summed E-state index contributed by atoms with van der Waals surface area (Å²) in [5.41, 5.74) is 0.989. The first-order valence-corrected chi connectivity index (χ1v) is 12.8. The number of pyridine rings is 1. The van der Waals surface area contributed by atoms with E-state index in [9.17, 15) is 19.2 Å². The number of ether oxygens (including phenoxy) is 2. The molecule has 1 aromatic carbocycles. The number of hydrogen-bond acceptors (Lipinski definition) is 7. The Hall–Kier alpha value is -3.95. The molecule has 38 heavy (non-hydrogen) atoms. The van der Waals surface area contributed by atoms with Gasteiger partial charge < -0.3 is 24.6 Å². The molecule has 204 valence electrons. The first-order valence-electron chi connectivity index (χ1n) is 12.8. The van der Waals surface area contributed by atoms with E-state index in [1.807, 2.05) is 30.3 Å². The van der Waals surface area contributed by atoms with E-state index in [-0.39, 0.29) is 44.1 Å². The Balaban J connectivity index is 1.72. The molecule has 0 spiro atoms. The van der Waals surface area contributed by atoms with Crippen molar-refractivity contribution >= 4 is 23.9 Å². The van der Waals surface area contributed by atoms with Gasteiger partial charge in [0.2, 0.25) is 5.91 Å². The van der Waals surface area contributed by atoms with Crippen LogP contribution in [-0.2, 0) is 19.1 Å². The largest absolute Gasteiger partial charge is 0.460 e. The molecule has 3 rings (SSSR count). The average Bonchev–Trinajstić information content (AvgIpc) is 2.90. The lowest BCUT2D eigenvalue weighted by Crippen LogP contribution is -2.56. The van der Waals surface area contributed by atoms with Gasteiger partial charge >= 0.3 is 12.1 Å². The van der Waals surface area contributed by atoms with Crippen molar-refractivity contribution < 1.29 is 28.7 Å². The predicted octanol–water partition coefficient (Wildman–Crippen LogP) is 3.27. The summed E-state index contributed by atoms with van der Waals surface area (Å²) in [7, 11) is 0. The number of amides is 3. The van der Waals surface area contributed by atoms with Crippen LogP contribution >= 0.6 is 0 Å². The number of carbonyl (C=O) groups is 4. The van der Waals surface area contributed by atoms with Crippen LogP contribution in [0.25, 0.3) is 11.3 Å². The van der Waals surface area contributed by atoms with Gasteiger partial charge in [0.25, 0.3) is 5.91 Å². The molecule has 1 aliphatic rings. The molecule has 1 saturated heterocycles. The molecule has 1 atom stereocenters. The van der Waals surface area contributed by atoms with E-state index >= 15 is 0 Å². The van der Waals surface area contributed by atoms with Gasteiger partial charge in [0, 0.05) is 38.2 Å². The highest BCUT2D eigenvalue weighted by Crippen LogP contribution is 2.17. The Morgan fingerprint density at radius 1 is 0.947 bits per heavy atom. The highest BCUT2D eigenvalue weighted by Gasteiger charge is 2.31. The van der Waals surface area contributed by atoms with E-state index in [0.717, 1.165) is 5.56 Å². The van der Waals surface area contributed by atoms with Crippen molar-refractivity contribution in [2.75, 3.05) is 32.8 Å². The number of piperazine rings is 1. The molecule has 0 aliphatic carbocycles. The number of hydrogen-bond donors (Lipinski definition) is 1. The Morgan fingerprint density at radius 3 is 2.24 bits per heavy atom. The zero-order chi connectivity index (χ0) is 27.7. The maximum Gasteiger partial charge on any atom is 0.409 e. The molecule has 2 heterocycles. The smallest absolute Gasteiger partial charge is 0.409 e. The number of carbonyl (C=O) groups excluding carboxylic acids is 4. The van der Waals surface area contributed by atoms with Crippen LogP contribution in [0.2, 0.25) is 0 Å². The SMILES string of the molecule is CCOC(=O)N1CCN(C(=O)[C@H](CCC(=O)OC(C)(C)C)NC(=O)c2cccc(-c3ccccc3)n2)CC1. The number of esters is 1. The monoisotopic (exact) mass is 524 g/mol. The molecule has 1 aromatic heterocycles. The summed E-state index contributed by atoms with van der Waals surface area (Å²) in [6.45, 7) is 8.53. The van der Waals surface area contributed by atoms with Crippen molar-refractivity contribution in [1.29, 1.82) is 0 Å². The number of nitrogens with one attached hydrogen (secondary N) is 1. The highest BCUT2D eigenvalue weighted by atomic mass is 16.6. The molecule has 1 fully saturated rings. The standard InChI is InChI=1S/C28H36N4O6/c1-5-37-27(36)32-18-16-31(17-19-32)26(35)23(14-15-24(33)38-28(2,3)4)30-25(34)22-13-9-12-21(29-22)20-10-7-6-8-11-20/h6-13,23H,5,14-19H2,1-4H3,(H,30,34)/t23-/m0/s1. The van der Waals surface area contributed by atoms with Crippen molar-refractivity contribution in [3.8, 4) is 11.3 Å². The summed E-state index contributed by atoms with van der Waals surface area (Å²) in [4.78, 5) is 58.6. The molecule has 0 unspecified atom stereocenters. The lowest BCUT2D eigenvalue weighted by molar-refractivity contribution is -0.155. The fourth-order valence-electron chi connectivity index (χ4n) is 4.02. The lowest BCUT2D eigenvalue weighted by atomic mass is 10.1. The second kappa shape index (κ2) is 13.0. The lowest BCUT2D eigenvalue weighted by Gasteiger charge is -2.36. The fourth-order valence-corrected chi connectivity index (χ4v) is 4.02. The molecular formula is C28H36N4O6. The quantitative estimate of drug-likeness (QED) is 0.527. The summed E-state index contributed by atoms with van der Waals surface area (Å²) < 4.78 is 10.4. The molecule has 0 saturated carbocycles. The molecule has 1 N–H and O–H groups in total. The topological polar surface area (TPSA) is 118 Å². The van der Waals surface area contributed by atoms with Crippen LogP contribution in [0.5, 0.6) is 0 Å². The summed E-state index contributed by atoms with van der Waals surface area (Å²) in [5.74, 6) is -1.30. The van der Waals surface area contributed by atoms with E-state index in [0.29, 0.717) is 18.8 Å². The van der Waals surface area contributed by atoms with Gasteiger partial charge in [0.1, 0.15) is 17.3 Å². The van der Waals surface area contributed by atoms with Crippen molar-refractivity contribution in [3.05, 3.63) is 54.2 Å². The first kappa shape index (κ1) is 28.6. The minimum atomic E-state index is -0.966. The number of rotatable bonds is 8. The van der Waals surface area contributed by atoms with Crippen LogP contribution in [0, 0.1) is 0 Å². The van der Waals surface area contributed by atoms with E-state index in [4.69, 9.17) is 9.47 Å². The van der Waals surface area contributed by atoms with Crippen LogP contribution in [-0.4, -0.2) is 83.1 Å². The Bertz CT molecular complexity index is 1120. The van der Waals surface area contributed by atoms with Gasteiger partial charge in [-0.25, -0.2) is 9.78 Å². The molecular weight excluding hydrogens is 488 g/mol. The maximum atomic E-state index is 13.5.